The maximum Gasteiger partial charge on any atom is 0.509 e. The highest BCUT2D eigenvalue weighted by molar-refractivity contribution is 5.92. The summed E-state index contributed by atoms with van der Waals surface area (Å²) in [6, 6.07) is 0. The fourth-order valence-electron chi connectivity index (χ4n) is 8.54. The summed E-state index contributed by atoms with van der Waals surface area (Å²) >= 11 is 0. The lowest BCUT2D eigenvalue weighted by atomic mass is 9.46. The first-order valence-corrected chi connectivity index (χ1v) is 13.8. The van der Waals surface area contributed by atoms with Gasteiger partial charge in [-0.25, -0.2) is 14.4 Å². The van der Waals surface area contributed by atoms with Crippen molar-refractivity contribution in [2.45, 2.75) is 121 Å². The Labute approximate surface area is 221 Å². The van der Waals surface area contributed by atoms with Crippen molar-refractivity contribution in [2.24, 2.45) is 17.3 Å². The Morgan fingerprint density at radius 2 is 1.82 bits per heavy atom. The number of epoxide rings is 3. The summed E-state index contributed by atoms with van der Waals surface area (Å²) in [6.07, 6.45) is -1.46. The van der Waals surface area contributed by atoms with Crippen molar-refractivity contribution >= 4 is 18.1 Å². The first-order chi connectivity index (χ1) is 17.7. The van der Waals surface area contributed by atoms with E-state index in [-0.39, 0.29) is 41.5 Å². The Kier molecular flexibility index (Phi) is 4.65. The molecule has 10 nitrogen and oxygen atoms in total. The van der Waals surface area contributed by atoms with Gasteiger partial charge in [0.2, 0.25) is 0 Å². The van der Waals surface area contributed by atoms with Gasteiger partial charge in [0.15, 0.2) is 17.8 Å². The molecule has 5 fully saturated rings. The molecule has 4 aliphatic heterocycles. The van der Waals surface area contributed by atoms with Gasteiger partial charge in [0.1, 0.15) is 35.6 Å². The Bertz CT molecular complexity index is 1180. The highest BCUT2D eigenvalue weighted by Gasteiger charge is 3.01. The van der Waals surface area contributed by atoms with Gasteiger partial charge in [0, 0.05) is 11.0 Å². The summed E-state index contributed by atoms with van der Waals surface area (Å²) in [4.78, 5) is 37.9. The smallest absolute Gasteiger partial charge is 0.458 e. The van der Waals surface area contributed by atoms with Crippen molar-refractivity contribution in [1.82, 2.24) is 0 Å². The maximum absolute atomic E-state index is 13.2. The zero-order valence-electron chi connectivity index (χ0n) is 23.0. The number of ether oxygens (including phenoxy) is 7. The van der Waals surface area contributed by atoms with Crippen molar-refractivity contribution in [2.75, 3.05) is 6.61 Å². The van der Waals surface area contributed by atoms with Gasteiger partial charge in [-0.2, -0.15) is 0 Å². The summed E-state index contributed by atoms with van der Waals surface area (Å²) in [5, 5.41) is 0. The summed E-state index contributed by atoms with van der Waals surface area (Å²) in [5.74, 6) is -0.765. The zero-order valence-corrected chi connectivity index (χ0v) is 23.0. The van der Waals surface area contributed by atoms with E-state index in [1.165, 1.54) is 6.92 Å². The third kappa shape index (κ3) is 2.77. The molecule has 4 heterocycles. The summed E-state index contributed by atoms with van der Waals surface area (Å²) in [6.45, 7) is 13.3. The fourth-order valence-corrected chi connectivity index (χ4v) is 8.54. The number of esters is 2. The van der Waals surface area contributed by atoms with Gasteiger partial charge < -0.3 is 33.2 Å². The van der Waals surface area contributed by atoms with Gasteiger partial charge >= 0.3 is 18.1 Å². The maximum atomic E-state index is 13.2. The number of cyclic esters (lactones) is 1. The molecule has 0 amide bonds. The van der Waals surface area contributed by atoms with Crippen LogP contribution in [0.5, 0.6) is 0 Å². The average Bonchev–Trinajstić information content (AvgIpc) is 3.71. The van der Waals surface area contributed by atoms with Crippen LogP contribution in [-0.2, 0) is 42.7 Å². The third-order valence-corrected chi connectivity index (χ3v) is 10.3. The van der Waals surface area contributed by atoms with Gasteiger partial charge in [0.25, 0.3) is 0 Å². The van der Waals surface area contributed by atoms with Gasteiger partial charge in [0.05, 0.1) is 6.10 Å². The normalized spacial score (nSPS) is 47.8. The largest absolute Gasteiger partial charge is 0.509 e. The van der Waals surface area contributed by atoms with Crippen LogP contribution in [0.1, 0.15) is 67.7 Å². The summed E-state index contributed by atoms with van der Waals surface area (Å²) < 4.78 is 41.9. The topological polar surface area (TPSA) is 126 Å². The van der Waals surface area contributed by atoms with E-state index in [1.807, 2.05) is 13.8 Å². The number of hydrogen-bond donors (Lipinski definition) is 0. The van der Waals surface area contributed by atoms with Crippen molar-refractivity contribution in [3.63, 3.8) is 0 Å². The monoisotopic (exact) mass is 532 g/mol. The van der Waals surface area contributed by atoms with Gasteiger partial charge in [-0.3, -0.25) is 0 Å². The Morgan fingerprint density at radius 3 is 2.50 bits per heavy atom. The SMILES string of the molecule is CC(C)[C@]12O[C@H]1[C@@H]1O[C@]13[C@]1(O[C@H]1C[C@H]1C4=C(CC[C@@]13C)C(=O)OC4)[C@@H]2OC(=O)O[C@H](C)C(=O)OC(C)(C)C. The minimum Gasteiger partial charge on any atom is -0.458 e. The lowest BCUT2D eigenvalue weighted by Crippen LogP contribution is -2.70. The molecule has 0 aromatic carbocycles. The lowest BCUT2D eigenvalue weighted by Gasteiger charge is -2.53. The molecule has 10 heteroatoms. The molecule has 0 radical (unpaired) electrons. The molecule has 2 saturated carbocycles. The van der Waals surface area contributed by atoms with E-state index in [9.17, 15) is 14.4 Å². The standard InChI is InChI=1S/C28H36O10/c1-12(2)26-18(36-26)19-28(37-19)25(7)9-8-14-15(11-32-21(14)30)16(25)10-17-27(28,35-17)22(26)34-23(31)33-13(3)20(29)38-24(4,5)6/h12-13,16-19,22H,8-11H2,1-7H3/t13-,16+,17+,18+,19+,22-,25+,26+,27-,28-/m1/s1. The van der Waals surface area contributed by atoms with Crippen LogP contribution in [0, 0.1) is 17.3 Å². The number of hydrogen-bond acceptors (Lipinski definition) is 10. The molecule has 7 rings (SSSR count). The highest BCUT2D eigenvalue weighted by atomic mass is 16.8. The first-order valence-electron chi connectivity index (χ1n) is 13.8. The summed E-state index contributed by atoms with van der Waals surface area (Å²) in [5.41, 5.74) is -1.54. The van der Waals surface area contributed by atoms with E-state index in [0.29, 0.717) is 19.4 Å². The second-order valence-corrected chi connectivity index (χ2v) is 13.5. The van der Waals surface area contributed by atoms with Crippen molar-refractivity contribution in [1.29, 1.82) is 0 Å². The van der Waals surface area contributed by atoms with Crippen LogP contribution in [0.3, 0.4) is 0 Å². The van der Waals surface area contributed by atoms with E-state index in [1.54, 1.807) is 20.8 Å². The molecule has 38 heavy (non-hydrogen) atoms. The number of fused-ring (bicyclic) bond motifs is 4. The molecule has 3 saturated heterocycles. The predicted octanol–water partition coefficient (Wildman–Crippen LogP) is 2.99. The van der Waals surface area contributed by atoms with Crippen molar-refractivity contribution < 1.29 is 47.5 Å². The molecule has 3 aliphatic carbocycles. The lowest BCUT2D eigenvalue weighted by molar-refractivity contribution is -0.167. The van der Waals surface area contributed by atoms with E-state index in [2.05, 4.69) is 6.92 Å². The van der Waals surface area contributed by atoms with Crippen molar-refractivity contribution in [3.05, 3.63) is 11.1 Å². The Morgan fingerprint density at radius 1 is 1.08 bits per heavy atom. The van der Waals surface area contributed by atoms with E-state index < -0.39 is 46.7 Å². The molecule has 0 aromatic heterocycles. The van der Waals surface area contributed by atoms with E-state index in [4.69, 9.17) is 33.2 Å². The van der Waals surface area contributed by atoms with Crippen LogP contribution in [0.2, 0.25) is 0 Å². The van der Waals surface area contributed by atoms with Gasteiger partial charge in [-0.15, -0.1) is 0 Å². The Hall–Kier alpha value is -2.17. The predicted molar refractivity (Wildman–Crippen MR) is 128 cm³/mol. The third-order valence-electron chi connectivity index (χ3n) is 10.3. The Balaban J connectivity index is 1.20. The molecule has 10 atom stereocenters. The van der Waals surface area contributed by atoms with Crippen LogP contribution in [0.4, 0.5) is 4.79 Å². The molecular weight excluding hydrogens is 496 g/mol. The van der Waals surface area contributed by atoms with Crippen LogP contribution in [0.25, 0.3) is 0 Å². The first kappa shape index (κ1) is 24.8. The number of carbonyl (C=O) groups excluding carboxylic acids is 3. The molecule has 7 aliphatic rings. The van der Waals surface area contributed by atoms with Crippen LogP contribution in [-0.4, -0.2) is 77.6 Å². The minimum atomic E-state index is -1.14. The molecule has 208 valence electrons. The average molecular weight is 533 g/mol. The molecular formula is C28H36O10. The molecule has 0 unspecified atom stereocenters. The van der Waals surface area contributed by atoms with Gasteiger partial charge in [-0.1, -0.05) is 20.8 Å². The molecule has 0 bridgehead atoms. The molecule has 2 spiro atoms. The molecule has 0 N–H and O–H groups in total. The summed E-state index contributed by atoms with van der Waals surface area (Å²) in [7, 11) is 0. The van der Waals surface area contributed by atoms with Crippen LogP contribution >= 0.6 is 0 Å². The molecule has 0 aromatic rings. The van der Waals surface area contributed by atoms with Crippen LogP contribution < -0.4 is 0 Å². The van der Waals surface area contributed by atoms with E-state index >= 15 is 0 Å². The second kappa shape index (κ2) is 7.12. The highest BCUT2D eigenvalue weighted by Crippen LogP contribution is 2.83. The quantitative estimate of drug-likeness (QED) is 0.303. The van der Waals surface area contributed by atoms with Gasteiger partial charge in [-0.05, 0) is 64.4 Å². The minimum absolute atomic E-state index is 0.0158. The number of carbonyl (C=O) groups is 3. The zero-order chi connectivity index (χ0) is 27.2. The van der Waals surface area contributed by atoms with Crippen molar-refractivity contribution in [3.8, 4) is 0 Å². The second-order valence-electron chi connectivity index (χ2n) is 13.5. The van der Waals surface area contributed by atoms with Crippen LogP contribution in [0.15, 0.2) is 11.1 Å². The number of rotatable bonds is 4. The van der Waals surface area contributed by atoms with E-state index in [0.717, 1.165) is 17.6 Å². The fraction of sp³-hybridized carbons (Fsp3) is 0.821.